The Kier molecular flexibility index (Phi) is 7.53. The first kappa shape index (κ1) is 22.3. The van der Waals surface area contributed by atoms with E-state index in [9.17, 15) is 4.39 Å². The third-order valence-electron chi connectivity index (χ3n) is 4.67. The van der Waals surface area contributed by atoms with Crippen LogP contribution in [0.25, 0.3) is 0 Å². The molecule has 0 N–H and O–H groups in total. The second-order valence-corrected chi connectivity index (χ2v) is 10.5. The van der Waals surface area contributed by atoms with Gasteiger partial charge in [-0.2, -0.15) is 10.2 Å². The number of benzene rings is 3. The molecule has 0 atom stereocenters. The van der Waals surface area contributed by atoms with E-state index in [4.69, 9.17) is 11.6 Å². The van der Waals surface area contributed by atoms with Crippen LogP contribution < -0.4 is 10.6 Å². The minimum atomic E-state index is -0.643. The highest BCUT2D eigenvalue weighted by atomic mass is 35.5. The summed E-state index contributed by atoms with van der Waals surface area (Å²) >= 11 is 6.10. The van der Waals surface area contributed by atoms with Gasteiger partial charge in [-0.1, -0.05) is 99.1 Å². The molecule has 30 heavy (non-hydrogen) atoms. The summed E-state index contributed by atoms with van der Waals surface area (Å²) in [5.41, 5.74) is 1.04. The molecular weight excluding hydrogens is 414 g/mol. The standard InChI is InChI=1S/C25H25ClFN2P/c1-25(2,3)24(29-28-17-21-22(26)15-10-16-23(21)27)18-30(19-11-6-4-7-12-19)20-13-8-5-9-14-20/h4-17H,18H2,1-3H3/b28-17+,29-24-. The summed E-state index contributed by atoms with van der Waals surface area (Å²) in [7, 11) is -0.643. The molecule has 5 heteroatoms. The quantitative estimate of drug-likeness (QED) is 0.240. The molecule has 0 saturated carbocycles. The fraction of sp³-hybridized carbons (Fsp3) is 0.200. The lowest BCUT2D eigenvalue weighted by atomic mass is 9.91. The summed E-state index contributed by atoms with van der Waals surface area (Å²) in [5, 5.41) is 11.7. The van der Waals surface area contributed by atoms with Gasteiger partial charge in [-0.25, -0.2) is 4.39 Å². The fourth-order valence-corrected chi connectivity index (χ4v) is 5.68. The Bertz CT molecular complexity index is 968. The zero-order valence-electron chi connectivity index (χ0n) is 17.4. The van der Waals surface area contributed by atoms with Crippen LogP contribution in [0.3, 0.4) is 0 Å². The first-order valence-electron chi connectivity index (χ1n) is 9.78. The third-order valence-corrected chi connectivity index (χ3v) is 7.46. The summed E-state index contributed by atoms with van der Waals surface area (Å²) in [6.07, 6.45) is 2.17. The minimum absolute atomic E-state index is 0.180. The van der Waals surface area contributed by atoms with E-state index in [1.165, 1.54) is 22.9 Å². The van der Waals surface area contributed by atoms with Crippen molar-refractivity contribution in [2.24, 2.45) is 15.6 Å². The minimum Gasteiger partial charge on any atom is -0.206 e. The first-order valence-corrected chi connectivity index (χ1v) is 11.7. The van der Waals surface area contributed by atoms with Crippen molar-refractivity contribution >= 4 is 42.1 Å². The molecule has 3 aromatic rings. The van der Waals surface area contributed by atoms with Crippen molar-refractivity contribution in [2.45, 2.75) is 20.8 Å². The van der Waals surface area contributed by atoms with Crippen LogP contribution in [0.4, 0.5) is 4.39 Å². The smallest absolute Gasteiger partial charge is 0.133 e. The van der Waals surface area contributed by atoms with E-state index in [1.807, 2.05) is 12.1 Å². The van der Waals surface area contributed by atoms with E-state index in [0.717, 1.165) is 11.9 Å². The van der Waals surface area contributed by atoms with E-state index in [-0.39, 0.29) is 11.0 Å². The summed E-state index contributed by atoms with van der Waals surface area (Å²) in [4.78, 5) is 0. The van der Waals surface area contributed by atoms with Crippen molar-refractivity contribution in [3.05, 3.63) is 95.3 Å². The zero-order chi connectivity index (χ0) is 21.6. The van der Waals surface area contributed by atoms with Crippen molar-refractivity contribution < 1.29 is 4.39 Å². The first-order chi connectivity index (χ1) is 14.4. The van der Waals surface area contributed by atoms with Gasteiger partial charge in [0.2, 0.25) is 0 Å². The maximum absolute atomic E-state index is 14.0. The van der Waals surface area contributed by atoms with Crippen molar-refractivity contribution in [3.8, 4) is 0 Å². The summed E-state index contributed by atoms with van der Waals surface area (Å²) in [6, 6.07) is 25.6. The molecule has 0 amide bonds. The lowest BCUT2D eigenvalue weighted by Gasteiger charge is -2.26. The Balaban J connectivity index is 1.96. The number of hydrogen-bond donors (Lipinski definition) is 0. The van der Waals surface area contributed by atoms with Gasteiger partial charge >= 0.3 is 0 Å². The van der Waals surface area contributed by atoms with Crippen LogP contribution in [-0.2, 0) is 0 Å². The molecule has 0 spiro atoms. The van der Waals surface area contributed by atoms with Crippen LogP contribution in [0, 0.1) is 11.2 Å². The molecule has 0 heterocycles. The number of nitrogens with zero attached hydrogens (tertiary/aromatic N) is 2. The molecule has 154 valence electrons. The molecule has 3 aromatic carbocycles. The van der Waals surface area contributed by atoms with Gasteiger partial charge in [0.25, 0.3) is 0 Å². The topological polar surface area (TPSA) is 24.7 Å². The van der Waals surface area contributed by atoms with Crippen molar-refractivity contribution in [1.82, 2.24) is 0 Å². The van der Waals surface area contributed by atoms with Gasteiger partial charge in [-0.3, -0.25) is 0 Å². The van der Waals surface area contributed by atoms with Gasteiger partial charge in [0.05, 0.1) is 16.9 Å². The Morgan fingerprint density at radius 2 is 1.47 bits per heavy atom. The molecule has 0 aliphatic carbocycles. The van der Waals surface area contributed by atoms with Crippen LogP contribution >= 0.6 is 19.5 Å². The van der Waals surface area contributed by atoms with Crippen LogP contribution in [0.2, 0.25) is 5.02 Å². The fourth-order valence-electron chi connectivity index (χ4n) is 2.91. The lowest BCUT2D eigenvalue weighted by molar-refractivity contribution is 0.586. The molecule has 2 nitrogen and oxygen atoms in total. The normalized spacial score (nSPS) is 12.7. The van der Waals surface area contributed by atoms with Crippen LogP contribution in [0.5, 0.6) is 0 Å². The van der Waals surface area contributed by atoms with Gasteiger partial charge in [0.15, 0.2) is 0 Å². The molecule has 0 saturated heterocycles. The van der Waals surface area contributed by atoms with Crippen LogP contribution in [-0.4, -0.2) is 18.1 Å². The number of halogens is 2. The molecule has 0 fully saturated rings. The monoisotopic (exact) mass is 438 g/mol. The molecule has 0 aromatic heterocycles. The Morgan fingerprint density at radius 1 is 0.900 bits per heavy atom. The number of rotatable bonds is 6. The van der Waals surface area contributed by atoms with Gasteiger partial charge in [0.1, 0.15) is 5.82 Å². The lowest BCUT2D eigenvalue weighted by Crippen LogP contribution is -2.27. The Labute approximate surface area is 184 Å². The van der Waals surface area contributed by atoms with Gasteiger partial charge in [-0.05, 0) is 30.7 Å². The molecule has 0 radical (unpaired) electrons. The van der Waals surface area contributed by atoms with Gasteiger partial charge in [0, 0.05) is 17.1 Å². The number of hydrogen-bond acceptors (Lipinski definition) is 2. The molecular formula is C25H25ClFN2P. The second-order valence-electron chi connectivity index (χ2n) is 7.93. The molecule has 3 rings (SSSR count). The highest BCUT2D eigenvalue weighted by Crippen LogP contribution is 2.36. The predicted molar refractivity (Wildman–Crippen MR) is 130 cm³/mol. The molecule has 0 aliphatic rings. The van der Waals surface area contributed by atoms with Gasteiger partial charge < -0.3 is 0 Å². The van der Waals surface area contributed by atoms with Gasteiger partial charge in [-0.15, -0.1) is 0 Å². The Morgan fingerprint density at radius 3 is 1.97 bits per heavy atom. The summed E-state index contributed by atoms with van der Waals surface area (Å²) in [6.45, 7) is 6.38. The van der Waals surface area contributed by atoms with Crippen LogP contribution in [0.1, 0.15) is 26.3 Å². The van der Waals surface area contributed by atoms with E-state index >= 15 is 0 Å². The third kappa shape index (κ3) is 5.84. The largest absolute Gasteiger partial charge is 0.206 e. The van der Waals surface area contributed by atoms with E-state index in [0.29, 0.717) is 5.02 Å². The van der Waals surface area contributed by atoms with Crippen LogP contribution in [0.15, 0.2) is 89.1 Å². The summed E-state index contributed by atoms with van der Waals surface area (Å²) in [5.74, 6) is -0.408. The van der Waals surface area contributed by atoms with Crippen molar-refractivity contribution in [3.63, 3.8) is 0 Å². The maximum atomic E-state index is 14.0. The zero-order valence-corrected chi connectivity index (χ0v) is 19.0. The Hall–Kier alpha value is -2.35. The molecule has 0 unspecified atom stereocenters. The molecule has 0 aliphatic heterocycles. The van der Waals surface area contributed by atoms with E-state index < -0.39 is 13.7 Å². The van der Waals surface area contributed by atoms with Crippen molar-refractivity contribution in [1.29, 1.82) is 0 Å². The average molecular weight is 439 g/mol. The van der Waals surface area contributed by atoms with Crippen molar-refractivity contribution in [2.75, 3.05) is 6.16 Å². The van der Waals surface area contributed by atoms with E-state index in [2.05, 4.69) is 79.5 Å². The maximum Gasteiger partial charge on any atom is 0.133 e. The average Bonchev–Trinajstić information content (AvgIpc) is 2.73. The van der Waals surface area contributed by atoms with E-state index in [1.54, 1.807) is 12.1 Å². The highest BCUT2D eigenvalue weighted by molar-refractivity contribution is 7.73. The molecule has 0 bridgehead atoms. The highest BCUT2D eigenvalue weighted by Gasteiger charge is 2.25. The summed E-state index contributed by atoms with van der Waals surface area (Å²) < 4.78 is 14.0. The SMILES string of the molecule is CC(C)(C)/C(CP(c1ccccc1)c1ccccc1)=N\N=C\c1c(F)cccc1Cl. The predicted octanol–water partition coefficient (Wildman–Crippen LogP) is 6.43. The second kappa shape index (κ2) is 10.1.